The van der Waals surface area contributed by atoms with E-state index >= 15 is 0 Å². The Balaban J connectivity index is 1.70. The number of carbonyl (C=O) groups excluding carboxylic acids is 1. The van der Waals surface area contributed by atoms with Crippen LogP contribution >= 0.6 is 0 Å². The summed E-state index contributed by atoms with van der Waals surface area (Å²) in [7, 11) is 0. The minimum absolute atomic E-state index is 0.100. The van der Waals surface area contributed by atoms with Crippen molar-refractivity contribution in [3.05, 3.63) is 71.6 Å². The fourth-order valence-corrected chi connectivity index (χ4v) is 2.85. The number of nitrogens with one attached hydrogen (secondary N) is 1. The number of hydrogen-bond acceptors (Lipinski definition) is 6. The standard InChI is InChI=1S/C18H12F4N8O/c1-10-2-5-12(8-14(10)29-9-23-26-28-29)24-17(31)15-16(18(20,21)22)30(27-25-15)13-6-3-11(19)4-7-13/h2-9H,1H3,(H,24,31). The number of rotatable bonds is 4. The average molecular weight is 432 g/mol. The van der Waals surface area contributed by atoms with Gasteiger partial charge < -0.3 is 5.32 Å². The molecule has 4 aromatic rings. The second-order valence-corrected chi connectivity index (χ2v) is 6.38. The van der Waals surface area contributed by atoms with E-state index in [1.165, 1.54) is 23.1 Å². The third-order valence-corrected chi connectivity index (χ3v) is 4.29. The van der Waals surface area contributed by atoms with Crippen LogP contribution in [-0.4, -0.2) is 41.1 Å². The van der Waals surface area contributed by atoms with E-state index in [9.17, 15) is 22.4 Å². The monoisotopic (exact) mass is 432 g/mol. The molecule has 0 spiro atoms. The van der Waals surface area contributed by atoms with Gasteiger partial charge in [0, 0.05) is 5.69 Å². The lowest BCUT2D eigenvalue weighted by Crippen LogP contribution is -2.21. The number of aromatic nitrogens is 7. The van der Waals surface area contributed by atoms with Gasteiger partial charge in [-0.2, -0.15) is 13.2 Å². The SMILES string of the molecule is Cc1ccc(NC(=O)c2nnn(-c3ccc(F)cc3)c2C(F)(F)F)cc1-n1cnnn1. The highest BCUT2D eigenvalue weighted by molar-refractivity contribution is 6.04. The summed E-state index contributed by atoms with van der Waals surface area (Å²) in [6, 6.07) is 8.80. The molecule has 4 rings (SSSR count). The van der Waals surface area contributed by atoms with Gasteiger partial charge in [0.2, 0.25) is 0 Å². The number of carbonyl (C=O) groups is 1. The van der Waals surface area contributed by atoms with Gasteiger partial charge >= 0.3 is 6.18 Å². The second kappa shape index (κ2) is 7.59. The van der Waals surface area contributed by atoms with E-state index in [1.54, 1.807) is 13.0 Å². The number of aryl methyl sites for hydroxylation is 1. The molecule has 2 aromatic carbocycles. The van der Waals surface area contributed by atoms with Gasteiger partial charge in [-0.05, 0) is 59.3 Å². The smallest absolute Gasteiger partial charge is 0.320 e. The van der Waals surface area contributed by atoms with E-state index in [0.29, 0.717) is 10.4 Å². The molecule has 0 aliphatic rings. The first-order valence-corrected chi connectivity index (χ1v) is 8.68. The third kappa shape index (κ3) is 3.97. The van der Waals surface area contributed by atoms with Gasteiger partial charge in [0.1, 0.15) is 12.1 Å². The van der Waals surface area contributed by atoms with E-state index < -0.39 is 29.3 Å². The van der Waals surface area contributed by atoms with Crippen LogP contribution in [0.3, 0.4) is 0 Å². The van der Waals surface area contributed by atoms with Crippen LogP contribution in [0.1, 0.15) is 21.7 Å². The predicted molar refractivity (Wildman–Crippen MR) is 98.2 cm³/mol. The average Bonchev–Trinajstić information content (AvgIpc) is 3.39. The molecule has 1 N–H and O–H groups in total. The zero-order valence-electron chi connectivity index (χ0n) is 15.7. The Morgan fingerprint density at radius 3 is 2.45 bits per heavy atom. The van der Waals surface area contributed by atoms with Gasteiger partial charge in [-0.3, -0.25) is 4.79 Å². The maximum Gasteiger partial charge on any atom is 0.435 e. The third-order valence-electron chi connectivity index (χ3n) is 4.29. The molecular formula is C18H12F4N8O. The number of nitrogens with zero attached hydrogens (tertiary/aromatic N) is 7. The molecule has 0 aliphatic carbocycles. The summed E-state index contributed by atoms with van der Waals surface area (Å²) in [6.07, 6.45) is -3.61. The zero-order valence-corrected chi connectivity index (χ0v) is 15.7. The Hall–Kier alpha value is -4.16. The molecule has 2 heterocycles. The minimum atomic E-state index is -4.95. The lowest BCUT2D eigenvalue weighted by molar-refractivity contribution is -0.143. The molecule has 0 saturated heterocycles. The van der Waals surface area contributed by atoms with Gasteiger partial charge in [0.15, 0.2) is 11.4 Å². The minimum Gasteiger partial charge on any atom is -0.320 e. The highest BCUT2D eigenvalue weighted by atomic mass is 19.4. The van der Waals surface area contributed by atoms with E-state index in [1.807, 2.05) is 0 Å². The van der Waals surface area contributed by atoms with Crippen molar-refractivity contribution in [3.8, 4) is 11.4 Å². The molecule has 0 aliphatic heterocycles. The molecule has 0 unspecified atom stereocenters. The van der Waals surface area contributed by atoms with Gasteiger partial charge in [-0.25, -0.2) is 13.8 Å². The topological polar surface area (TPSA) is 103 Å². The quantitative estimate of drug-likeness (QED) is 0.498. The molecule has 1 amide bonds. The molecule has 2 aromatic heterocycles. The Morgan fingerprint density at radius 2 is 1.81 bits per heavy atom. The summed E-state index contributed by atoms with van der Waals surface area (Å²) in [6.45, 7) is 1.78. The van der Waals surface area contributed by atoms with Gasteiger partial charge in [-0.15, -0.1) is 10.2 Å². The lowest BCUT2D eigenvalue weighted by Gasteiger charge is -2.12. The van der Waals surface area contributed by atoms with Gasteiger partial charge in [0.25, 0.3) is 5.91 Å². The normalized spacial score (nSPS) is 11.5. The largest absolute Gasteiger partial charge is 0.435 e. The molecule has 158 valence electrons. The van der Waals surface area contributed by atoms with Crippen LogP contribution in [0.5, 0.6) is 0 Å². The number of halogens is 4. The number of hydrogen-bond donors (Lipinski definition) is 1. The van der Waals surface area contributed by atoms with Crippen LogP contribution in [0.15, 0.2) is 48.8 Å². The summed E-state index contributed by atoms with van der Waals surface area (Å²) in [4.78, 5) is 12.6. The van der Waals surface area contributed by atoms with Crippen molar-refractivity contribution in [1.82, 2.24) is 35.2 Å². The van der Waals surface area contributed by atoms with Crippen LogP contribution in [-0.2, 0) is 6.18 Å². The summed E-state index contributed by atoms with van der Waals surface area (Å²) in [5, 5.41) is 20.1. The molecule has 9 nitrogen and oxygen atoms in total. The van der Waals surface area contributed by atoms with Crippen molar-refractivity contribution >= 4 is 11.6 Å². The van der Waals surface area contributed by atoms with Gasteiger partial charge in [-0.1, -0.05) is 11.3 Å². The first-order valence-electron chi connectivity index (χ1n) is 8.68. The summed E-state index contributed by atoms with van der Waals surface area (Å²) in [5.41, 5.74) is -0.926. The molecule has 13 heteroatoms. The van der Waals surface area contributed by atoms with E-state index in [2.05, 4.69) is 31.2 Å². The van der Waals surface area contributed by atoms with Crippen molar-refractivity contribution in [2.45, 2.75) is 13.1 Å². The fourth-order valence-electron chi connectivity index (χ4n) is 2.85. The van der Waals surface area contributed by atoms with Crippen LogP contribution in [0.2, 0.25) is 0 Å². The lowest BCUT2D eigenvalue weighted by atomic mass is 10.1. The van der Waals surface area contributed by atoms with Crippen LogP contribution in [0, 0.1) is 12.7 Å². The highest BCUT2D eigenvalue weighted by Gasteiger charge is 2.42. The number of benzene rings is 2. The van der Waals surface area contributed by atoms with Crippen LogP contribution < -0.4 is 5.32 Å². The van der Waals surface area contributed by atoms with Crippen molar-refractivity contribution in [3.63, 3.8) is 0 Å². The van der Waals surface area contributed by atoms with Crippen LogP contribution in [0.25, 0.3) is 11.4 Å². The maximum absolute atomic E-state index is 13.7. The number of alkyl halides is 3. The molecule has 0 saturated carbocycles. The summed E-state index contributed by atoms with van der Waals surface area (Å²) >= 11 is 0. The first-order chi connectivity index (χ1) is 14.7. The molecule has 0 bridgehead atoms. The van der Waals surface area contributed by atoms with E-state index in [-0.39, 0.29) is 11.4 Å². The van der Waals surface area contributed by atoms with Crippen molar-refractivity contribution < 1.29 is 22.4 Å². The molecule has 31 heavy (non-hydrogen) atoms. The van der Waals surface area contributed by atoms with Gasteiger partial charge in [0.05, 0.1) is 11.4 Å². The molecule has 0 atom stereocenters. The second-order valence-electron chi connectivity index (χ2n) is 6.38. The van der Waals surface area contributed by atoms with Crippen molar-refractivity contribution in [2.75, 3.05) is 5.32 Å². The van der Waals surface area contributed by atoms with Crippen molar-refractivity contribution in [1.29, 1.82) is 0 Å². The Labute approximate surface area is 171 Å². The van der Waals surface area contributed by atoms with E-state index in [0.717, 1.165) is 29.8 Å². The fraction of sp³-hybridized carbons (Fsp3) is 0.111. The van der Waals surface area contributed by atoms with E-state index in [4.69, 9.17) is 0 Å². The molecule has 0 fully saturated rings. The Morgan fingerprint density at radius 1 is 1.06 bits per heavy atom. The molecular weight excluding hydrogens is 420 g/mol. The Bertz CT molecular complexity index is 1230. The first kappa shape index (κ1) is 20.1. The number of anilines is 1. The molecule has 0 radical (unpaired) electrons. The summed E-state index contributed by atoms with van der Waals surface area (Å²) < 4.78 is 56.1. The summed E-state index contributed by atoms with van der Waals surface area (Å²) in [5.74, 6) is -1.75. The maximum atomic E-state index is 13.7. The highest BCUT2D eigenvalue weighted by Crippen LogP contribution is 2.33. The number of amides is 1. The number of tetrazole rings is 1. The van der Waals surface area contributed by atoms with Crippen LogP contribution in [0.4, 0.5) is 23.2 Å². The Kier molecular flexibility index (Phi) is 4.93. The predicted octanol–water partition coefficient (Wildman–Crippen LogP) is 2.96. The van der Waals surface area contributed by atoms with Crippen molar-refractivity contribution in [2.24, 2.45) is 0 Å². The zero-order chi connectivity index (χ0) is 22.2.